The predicted molar refractivity (Wildman–Crippen MR) is 87.5 cm³/mol. The number of hydrogen-bond donors (Lipinski definition) is 1. The number of amides is 1. The number of benzene rings is 2. The minimum Gasteiger partial charge on any atom is -0.494 e. The first-order valence-corrected chi connectivity index (χ1v) is 7.35. The summed E-state index contributed by atoms with van der Waals surface area (Å²) < 4.78 is 11.0. The average molecular weight is 299 g/mol. The largest absolute Gasteiger partial charge is 0.494 e. The number of hydrogen-bond acceptors (Lipinski definition) is 3. The highest BCUT2D eigenvalue weighted by atomic mass is 16.5. The van der Waals surface area contributed by atoms with Gasteiger partial charge in [0.2, 0.25) is 0 Å². The molecular weight excluding hydrogens is 278 g/mol. The van der Waals surface area contributed by atoms with E-state index in [2.05, 4.69) is 5.32 Å². The van der Waals surface area contributed by atoms with Gasteiger partial charge in [-0.3, -0.25) is 4.79 Å². The summed E-state index contributed by atoms with van der Waals surface area (Å²) in [4.78, 5) is 12.1. The van der Waals surface area contributed by atoms with Gasteiger partial charge in [0.15, 0.2) is 6.10 Å². The first-order chi connectivity index (χ1) is 10.6. The molecule has 2 aromatic rings. The van der Waals surface area contributed by atoms with Crippen molar-refractivity contribution in [3.63, 3.8) is 0 Å². The molecule has 0 heterocycles. The Kier molecular flexibility index (Phi) is 5.42. The molecule has 0 radical (unpaired) electrons. The molecule has 116 valence electrons. The zero-order chi connectivity index (χ0) is 15.9. The first kappa shape index (κ1) is 15.9. The van der Waals surface area contributed by atoms with Gasteiger partial charge in [0, 0.05) is 5.69 Å². The third kappa shape index (κ3) is 4.52. The van der Waals surface area contributed by atoms with Gasteiger partial charge in [-0.05, 0) is 62.7 Å². The van der Waals surface area contributed by atoms with Crippen LogP contribution < -0.4 is 14.8 Å². The zero-order valence-electron chi connectivity index (χ0n) is 13.1. The van der Waals surface area contributed by atoms with E-state index in [1.165, 1.54) is 0 Å². The summed E-state index contributed by atoms with van der Waals surface area (Å²) in [6.07, 6.45) is -0.585. The second-order valence-corrected chi connectivity index (χ2v) is 5.02. The molecule has 0 aliphatic rings. The number of carbonyl (C=O) groups is 1. The molecule has 0 spiro atoms. The van der Waals surface area contributed by atoms with Crippen molar-refractivity contribution in [1.29, 1.82) is 0 Å². The molecule has 2 rings (SSSR count). The summed E-state index contributed by atoms with van der Waals surface area (Å²) in [5.74, 6) is 1.24. The topological polar surface area (TPSA) is 47.6 Å². The van der Waals surface area contributed by atoms with E-state index in [-0.39, 0.29) is 5.91 Å². The maximum atomic E-state index is 12.1. The minimum atomic E-state index is -0.585. The lowest BCUT2D eigenvalue weighted by molar-refractivity contribution is -0.122. The molecule has 0 bridgehead atoms. The molecule has 4 heteroatoms. The highest BCUT2D eigenvalue weighted by Gasteiger charge is 2.14. The smallest absolute Gasteiger partial charge is 0.265 e. The van der Waals surface area contributed by atoms with Gasteiger partial charge in [0.25, 0.3) is 5.91 Å². The SMILES string of the molecule is CCOc1ccc(O[C@@H](C)C(=O)Nc2cccc(C)c2)cc1. The number of carbonyl (C=O) groups excluding carboxylic acids is 1. The van der Waals surface area contributed by atoms with Crippen LogP contribution in [0.5, 0.6) is 11.5 Å². The van der Waals surface area contributed by atoms with Crippen molar-refractivity contribution in [1.82, 2.24) is 0 Å². The van der Waals surface area contributed by atoms with E-state index >= 15 is 0 Å². The summed E-state index contributed by atoms with van der Waals surface area (Å²) in [5.41, 5.74) is 1.87. The summed E-state index contributed by atoms with van der Waals surface area (Å²) in [7, 11) is 0. The normalized spacial score (nSPS) is 11.6. The quantitative estimate of drug-likeness (QED) is 0.882. The summed E-state index contributed by atoms with van der Waals surface area (Å²) in [5, 5.41) is 2.85. The molecule has 1 amide bonds. The molecule has 22 heavy (non-hydrogen) atoms. The van der Waals surface area contributed by atoms with Gasteiger partial charge < -0.3 is 14.8 Å². The molecule has 0 saturated heterocycles. The Morgan fingerprint density at radius 1 is 1.14 bits per heavy atom. The monoisotopic (exact) mass is 299 g/mol. The van der Waals surface area contributed by atoms with Crippen LogP contribution in [0.1, 0.15) is 19.4 Å². The molecule has 0 unspecified atom stereocenters. The van der Waals surface area contributed by atoms with Crippen LogP contribution in [-0.4, -0.2) is 18.6 Å². The van der Waals surface area contributed by atoms with Crippen molar-refractivity contribution in [3.05, 3.63) is 54.1 Å². The third-order valence-electron chi connectivity index (χ3n) is 3.10. The Bertz CT molecular complexity index is 622. The number of rotatable bonds is 6. The van der Waals surface area contributed by atoms with E-state index < -0.39 is 6.10 Å². The van der Waals surface area contributed by atoms with Crippen LogP contribution in [0.3, 0.4) is 0 Å². The molecule has 1 N–H and O–H groups in total. The first-order valence-electron chi connectivity index (χ1n) is 7.35. The van der Waals surface area contributed by atoms with Crippen LogP contribution in [0.4, 0.5) is 5.69 Å². The minimum absolute atomic E-state index is 0.181. The van der Waals surface area contributed by atoms with Gasteiger partial charge in [-0.2, -0.15) is 0 Å². The summed E-state index contributed by atoms with van der Waals surface area (Å²) >= 11 is 0. The lowest BCUT2D eigenvalue weighted by Crippen LogP contribution is -2.30. The molecule has 1 atom stereocenters. The maximum absolute atomic E-state index is 12.1. The van der Waals surface area contributed by atoms with E-state index in [1.807, 2.05) is 50.2 Å². The standard InChI is InChI=1S/C18H21NO3/c1-4-21-16-8-10-17(11-9-16)22-14(3)18(20)19-15-7-5-6-13(2)12-15/h5-12,14H,4H2,1-3H3,(H,19,20)/t14-/m0/s1. The predicted octanol–water partition coefficient (Wildman–Crippen LogP) is 3.80. The van der Waals surface area contributed by atoms with Gasteiger partial charge >= 0.3 is 0 Å². The van der Waals surface area contributed by atoms with Gasteiger partial charge in [0.1, 0.15) is 11.5 Å². The third-order valence-corrected chi connectivity index (χ3v) is 3.10. The molecule has 0 aliphatic carbocycles. The molecule has 0 aromatic heterocycles. The van der Waals surface area contributed by atoms with Gasteiger partial charge in [0.05, 0.1) is 6.61 Å². The molecular formula is C18H21NO3. The lowest BCUT2D eigenvalue weighted by atomic mass is 10.2. The lowest BCUT2D eigenvalue weighted by Gasteiger charge is -2.15. The second kappa shape index (κ2) is 7.50. The molecule has 0 fully saturated rings. The number of ether oxygens (including phenoxy) is 2. The van der Waals surface area contributed by atoms with E-state index in [1.54, 1.807) is 19.1 Å². The second-order valence-electron chi connectivity index (χ2n) is 5.02. The number of nitrogens with one attached hydrogen (secondary N) is 1. The fraction of sp³-hybridized carbons (Fsp3) is 0.278. The molecule has 0 aliphatic heterocycles. The fourth-order valence-corrected chi connectivity index (χ4v) is 2.01. The highest BCUT2D eigenvalue weighted by Crippen LogP contribution is 2.19. The van der Waals surface area contributed by atoms with Crippen molar-refractivity contribution in [2.45, 2.75) is 26.9 Å². The van der Waals surface area contributed by atoms with Crippen LogP contribution >= 0.6 is 0 Å². The van der Waals surface area contributed by atoms with Crippen LogP contribution in [0.15, 0.2) is 48.5 Å². The number of anilines is 1. The van der Waals surface area contributed by atoms with Gasteiger partial charge in [-0.25, -0.2) is 0 Å². The van der Waals surface area contributed by atoms with E-state index in [0.717, 1.165) is 17.0 Å². The van der Waals surface area contributed by atoms with Crippen molar-refractivity contribution >= 4 is 11.6 Å². The zero-order valence-corrected chi connectivity index (χ0v) is 13.1. The van der Waals surface area contributed by atoms with E-state index in [0.29, 0.717) is 12.4 Å². The van der Waals surface area contributed by atoms with Crippen LogP contribution in [0.2, 0.25) is 0 Å². The van der Waals surface area contributed by atoms with Crippen molar-refractivity contribution in [2.24, 2.45) is 0 Å². The molecule has 0 saturated carbocycles. The van der Waals surface area contributed by atoms with Crippen LogP contribution in [0, 0.1) is 6.92 Å². The summed E-state index contributed by atoms with van der Waals surface area (Å²) in [6.45, 7) is 6.26. The van der Waals surface area contributed by atoms with Crippen molar-refractivity contribution in [2.75, 3.05) is 11.9 Å². The van der Waals surface area contributed by atoms with Crippen molar-refractivity contribution in [3.8, 4) is 11.5 Å². The Balaban J connectivity index is 1.93. The number of aryl methyl sites for hydroxylation is 1. The van der Waals surface area contributed by atoms with Gasteiger partial charge in [-0.15, -0.1) is 0 Å². The Hall–Kier alpha value is -2.49. The Morgan fingerprint density at radius 2 is 1.82 bits per heavy atom. The summed E-state index contributed by atoms with van der Waals surface area (Å²) in [6, 6.07) is 14.9. The van der Waals surface area contributed by atoms with E-state index in [9.17, 15) is 4.79 Å². The highest BCUT2D eigenvalue weighted by molar-refractivity contribution is 5.94. The molecule has 2 aromatic carbocycles. The fourth-order valence-electron chi connectivity index (χ4n) is 2.01. The van der Waals surface area contributed by atoms with Crippen LogP contribution in [-0.2, 0) is 4.79 Å². The molecule has 4 nitrogen and oxygen atoms in total. The van der Waals surface area contributed by atoms with Crippen molar-refractivity contribution < 1.29 is 14.3 Å². The average Bonchev–Trinajstić information content (AvgIpc) is 2.49. The van der Waals surface area contributed by atoms with Gasteiger partial charge in [-0.1, -0.05) is 12.1 Å². The Morgan fingerprint density at radius 3 is 2.45 bits per heavy atom. The van der Waals surface area contributed by atoms with Crippen LogP contribution in [0.25, 0.3) is 0 Å². The van der Waals surface area contributed by atoms with E-state index in [4.69, 9.17) is 9.47 Å². The maximum Gasteiger partial charge on any atom is 0.265 e. The Labute approximate surface area is 131 Å².